The van der Waals surface area contributed by atoms with Gasteiger partial charge < -0.3 is 9.74 Å². The van der Waals surface area contributed by atoms with E-state index in [0.29, 0.717) is 42.0 Å². The van der Waals surface area contributed by atoms with Crippen molar-refractivity contribution >= 4 is 36.7 Å². The zero-order valence-corrected chi connectivity index (χ0v) is 20.9. The van der Waals surface area contributed by atoms with E-state index in [2.05, 4.69) is 49.5 Å². The number of piperidine rings is 1. The highest BCUT2D eigenvalue weighted by atomic mass is 28.4. The molecule has 2 amide bonds. The highest BCUT2D eigenvalue weighted by molar-refractivity contribution is 6.74. The highest BCUT2D eigenvalue weighted by Crippen LogP contribution is 2.36. The van der Waals surface area contributed by atoms with Crippen LogP contribution in [0.4, 0.5) is 5.69 Å². The number of anilines is 1. The predicted molar refractivity (Wildman–Crippen MR) is 128 cm³/mol. The number of imide groups is 1. The van der Waals surface area contributed by atoms with Gasteiger partial charge in [0.15, 0.2) is 8.32 Å². The molecule has 174 valence electrons. The molecule has 32 heavy (non-hydrogen) atoms. The summed E-state index contributed by atoms with van der Waals surface area (Å²) in [5.74, 6) is -0.314. The number of aromatic nitrogens is 2. The number of hydrogen-bond donors (Lipinski definition) is 2. The number of fused-ring (bicyclic) bond motifs is 1. The van der Waals surface area contributed by atoms with Crippen LogP contribution < -0.4 is 16.2 Å². The SMILES string of the molecule is Cc1nc2cccc(NCCCO[Si](C)(C)C(C)(C)C)c2c(=O)n1C1CCC(=O)NC1=O. The summed E-state index contributed by atoms with van der Waals surface area (Å²) in [6, 6.07) is 4.77. The first-order valence-corrected chi connectivity index (χ1v) is 14.1. The minimum absolute atomic E-state index is 0.167. The molecule has 0 aliphatic carbocycles. The van der Waals surface area contributed by atoms with E-state index < -0.39 is 20.3 Å². The molecule has 9 heteroatoms. The van der Waals surface area contributed by atoms with Gasteiger partial charge in [0, 0.05) is 25.3 Å². The molecule has 1 saturated heterocycles. The molecule has 0 bridgehead atoms. The Labute approximate surface area is 189 Å². The topological polar surface area (TPSA) is 102 Å². The Kier molecular flexibility index (Phi) is 6.90. The van der Waals surface area contributed by atoms with Crippen molar-refractivity contribution < 1.29 is 14.0 Å². The fourth-order valence-electron chi connectivity index (χ4n) is 3.64. The van der Waals surface area contributed by atoms with Crippen molar-refractivity contribution in [2.45, 2.75) is 71.1 Å². The van der Waals surface area contributed by atoms with E-state index in [1.165, 1.54) is 4.57 Å². The van der Waals surface area contributed by atoms with Crippen LogP contribution in [0.25, 0.3) is 10.9 Å². The van der Waals surface area contributed by atoms with Crippen LogP contribution in [0.5, 0.6) is 0 Å². The number of amides is 2. The van der Waals surface area contributed by atoms with Crippen LogP contribution in [0.1, 0.15) is 51.9 Å². The van der Waals surface area contributed by atoms with Gasteiger partial charge in [-0.2, -0.15) is 0 Å². The number of aryl methyl sites for hydroxylation is 1. The first-order valence-electron chi connectivity index (χ1n) is 11.2. The van der Waals surface area contributed by atoms with Crippen molar-refractivity contribution in [1.82, 2.24) is 14.9 Å². The Balaban J connectivity index is 1.79. The highest BCUT2D eigenvalue weighted by Gasteiger charge is 2.36. The maximum Gasteiger partial charge on any atom is 0.264 e. The van der Waals surface area contributed by atoms with E-state index in [1.54, 1.807) is 13.0 Å². The first-order chi connectivity index (χ1) is 14.9. The van der Waals surface area contributed by atoms with Crippen LogP contribution in [0.2, 0.25) is 18.1 Å². The summed E-state index contributed by atoms with van der Waals surface area (Å²) in [5.41, 5.74) is 0.995. The summed E-state index contributed by atoms with van der Waals surface area (Å²) < 4.78 is 7.64. The second-order valence-electron chi connectivity index (χ2n) is 9.89. The van der Waals surface area contributed by atoms with Crippen molar-refractivity contribution in [1.29, 1.82) is 0 Å². The lowest BCUT2D eigenvalue weighted by molar-refractivity contribution is -0.135. The van der Waals surface area contributed by atoms with E-state index in [4.69, 9.17) is 4.43 Å². The third kappa shape index (κ3) is 4.93. The lowest BCUT2D eigenvalue weighted by atomic mass is 10.1. The van der Waals surface area contributed by atoms with Gasteiger partial charge in [0.05, 0.1) is 10.9 Å². The molecule has 0 radical (unpaired) electrons. The van der Waals surface area contributed by atoms with Gasteiger partial charge in [0.2, 0.25) is 11.8 Å². The maximum atomic E-state index is 13.4. The van der Waals surface area contributed by atoms with Crippen LogP contribution in [-0.4, -0.2) is 42.8 Å². The van der Waals surface area contributed by atoms with Gasteiger partial charge in [-0.1, -0.05) is 26.8 Å². The van der Waals surface area contributed by atoms with Gasteiger partial charge in [-0.3, -0.25) is 24.3 Å². The molecule has 0 saturated carbocycles. The molecular formula is C23H34N4O4Si. The summed E-state index contributed by atoms with van der Waals surface area (Å²) in [4.78, 5) is 41.9. The number of nitrogens with zero attached hydrogens (tertiary/aromatic N) is 2. The molecule has 1 atom stereocenters. The monoisotopic (exact) mass is 458 g/mol. The van der Waals surface area contributed by atoms with E-state index in [1.807, 2.05) is 12.1 Å². The van der Waals surface area contributed by atoms with Crippen LogP contribution in [-0.2, 0) is 14.0 Å². The molecule has 1 aromatic carbocycles. The Bertz CT molecular complexity index is 1090. The fraction of sp³-hybridized carbons (Fsp3) is 0.565. The van der Waals surface area contributed by atoms with Crippen LogP contribution in [0, 0.1) is 6.92 Å². The normalized spacial score (nSPS) is 17.5. The van der Waals surface area contributed by atoms with Crippen molar-refractivity contribution in [3.63, 3.8) is 0 Å². The minimum Gasteiger partial charge on any atom is -0.417 e. The summed E-state index contributed by atoms with van der Waals surface area (Å²) in [5, 5.41) is 6.29. The first kappa shape index (κ1) is 24.1. The fourth-order valence-corrected chi connectivity index (χ4v) is 4.72. The molecule has 2 N–H and O–H groups in total. The molecule has 1 aliphatic rings. The summed E-state index contributed by atoms with van der Waals surface area (Å²) in [6.07, 6.45) is 1.30. The zero-order chi connectivity index (χ0) is 23.7. The number of carbonyl (C=O) groups excluding carboxylic acids is 2. The van der Waals surface area contributed by atoms with Crippen molar-refractivity contribution in [3.05, 3.63) is 34.4 Å². The second-order valence-corrected chi connectivity index (χ2v) is 14.7. The van der Waals surface area contributed by atoms with E-state index in [0.717, 1.165) is 6.42 Å². The average molecular weight is 459 g/mol. The van der Waals surface area contributed by atoms with Gasteiger partial charge in [0.1, 0.15) is 11.9 Å². The summed E-state index contributed by atoms with van der Waals surface area (Å²) in [7, 11) is -1.78. The minimum atomic E-state index is -1.78. The lowest BCUT2D eigenvalue weighted by Crippen LogP contribution is -2.45. The predicted octanol–water partition coefficient (Wildman–Crippen LogP) is 3.51. The number of carbonyl (C=O) groups is 2. The Morgan fingerprint density at radius 1 is 1.25 bits per heavy atom. The molecule has 2 heterocycles. The quantitative estimate of drug-likeness (QED) is 0.374. The van der Waals surface area contributed by atoms with Crippen molar-refractivity contribution in [2.75, 3.05) is 18.5 Å². The smallest absolute Gasteiger partial charge is 0.264 e. The van der Waals surface area contributed by atoms with Gasteiger partial charge in [-0.05, 0) is 50.0 Å². The van der Waals surface area contributed by atoms with Gasteiger partial charge >= 0.3 is 0 Å². The number of nitrogens with one attached hydrogen (secondary N) is 2. The van der Waals surface area contributed by atoms with E-state index in [9.17, 15) is 14.4 Å². The molecule has 8 nitrogen and oxygen atoms in total. The van der Waals surface area contributed by atoms with E-state index in [-0.39, 0.29) is 22.9 Å². The van der Waals surface area contributed by atoms with Crippen LogP contribution in [0.15, 0.2) is 23.0 Å². The van der Waals surface area contributed by atoms with Gasteiger partial charge in [-0.25, -0.2) is 4.98 Å². The van der Waals surface area contributed by atoms with Crippen molar-refractivity contribution in [3.8, 4) is 0 Å². The average Bonchev–Trinajstić information content (AvgIpc) is 2.68. The third-order valence-electron chi connectivity index (χ3n) is 6.53. The molecule has 1 unspecified atom stereocenters. The molecule has 1 aliphatic heterocycles. The Morgan fingerprint density at radius 3 is 2.62 bits per heavy atom. The Morgan fingerprint density at radius 2 is 1.97 bits per heavy atom. The molecule has 3 rings (SSSR count). The summed E-state index contributed by atoms with van der Waals surface area (Å²) in [6.45, 7) is 14.1. The van der Waals surface area contributed by atoms with Gasteiger partial charge in [0.25, 0.3) is 5.56 Å². The number of benzene rings is 1. The Hall–Kier alpha value is -2.52. The maximum absolute atomic E-state index is 13.4. The van der Waals surface area contributed by atoms with Gasteiger partial charge in [-0.15, -0.1) is 0 Å². The van der Waals surface area contributed by atoms with Crippen molar-refractivity contribution in [2.24, 2.45) is 0 Å². The standard InChI is InChI=1S/C23H34N4O4Si/c1-15-25-17-10-7-9-16(24-13-8-14-31-32(5,6)23(2,3)4)20(17)22(30)27(15)18-11-12-19(28)26-21(18)29/h7,9-10,18,24H,8,11-14H2,1-6H3,(H,26,28,29). The molecule has 2 aromatic rings. The third-order valence-corrected chi connectivity index (χ3v) is 11.1. The van der Waals surface area contributed by atoms with E-state index >= 15 is 0 Å². The number of hydrogen-bond acceptors (Lipinski definition) is 6. The summed E-state index contributed by atoms with van der Waals surface area (Å²) >= 11 is 0. The second kappa shape index (κ2) is 9.15. The zero-order valence-electron chi connectivity index (χ0n) is 19.9. The number of rotatable bonds is 7. The van der Waals surface area contributed by atoms with Crippen LogP contribution >= 0.6 is 0 Å². The molecule has 1 aromatic heterocycles. The molecule has 1 fully saturated rings. The lowest BCUT2D eigenvalue weighted by Gasteiger charge is -2.36. The largest absolute Gasteiger partial charge is 0.417 e. The molecular weight excluding hydrogens is 424 g/mol. The van der Waals surface area contributed by atoms with Crippen LogP contribution in [0.3, 0.4) is 0 Å². The molecule has 0 spiro atoms.